The third-order valence-corrected chi connectivity index (χ3v) is 7.04. The zero-order valence-corrected chi connectivity index (χ0v) is 20.7. The number of carbonyl (C=O) groups is 3. The maximum atomic E-state index is 12.5. The number of benzene rings is 2. The molecule has 0 bridgehead atoms. The van der Waals surface area contributed by atoms with Crippen molar-refractivity contribution in [3.05, 3.63) is 57.4 Å². The minimum atomic E-state index is -4.09. The molecule has 0 unspecified atom stereocenters. The first-order valence-electron chi connectivity index (χ1n) is 9.43. The van der Waals surface area contributed by atoms with Crippen LogP contribution in [0.5, 0.6) is 11.5 Å². The molecule has 0 saturated carbocycles. The van der Waals surface area contributed by atoms with Gasteiger partial charge >= 0.3 is 16.1 Å². The Morgan fingerprint density at radius 3 is 2.45 bits per heavy atom. The Balaban J connectivity index is 1.76. The van der Waals surface area contributed by atoms with Crippen molar-refractivity contribution in [2.24, 2.45) is 0 Å². The number of ether oxygens (including phenoxy) is 2. The third-order valence-electron chi connectivity index (χ3n) is 4.27. The summed E-state index contributed by atoms with van der Waals surface area (Å²) in [5.74, 6) is -0.746. The van der Waals surface area contributed by atoms with Gasteiger partial charge in [0, 0.05) is 0 Å². The predicted molar refractivity (Wildman–Crippen MR) is 124 cm³/mol. The van der Waals surface area contributed by atoms with E-state index in [-0.39, 0.29) is 22.2 Å². The summed E-state index contributed by atoms with van der Waals surface area (Å²) in [5, 5.41) is -0.580. The second-order valence-corrected chi connectivity index (χ2v) is 9.87. The van der Waals surface area contributed by atoms with Crippen LogP contribution < -0.4 is 8.92 Å². The molecule has 1 fully saturated rings. The maximum Gasteiger partial charge on any atom is 0.339 e. The molecule has 2 aromatic carbocycles. The Morgan fingerprint density at radius 2 is 1.85 bits per heavy atom. The van der Waals surface area contributed by atoms with Gasteiger partial charge in [-0.05, 0) is 82.7 Å². The number of methoxy groups -OCH3 is 1. The van der Waals surface area contributed by atoms with E-state index < -0.39 is 33.8 Å². The van der Waals surface area contributed by atoms with Crippen LogP contribution >= 0.6 is 27.7 Å². The lowest BCUT2D eigenvalue weighted by Gasteiger charge is -2.11. The van der Waals surface area contributed by atoms with Crippen molar-refractivity contribution in [2.45, 2.75) is 11.8 Å². The van der Waals surface area contributed by atoms with Gasteiger partial charge in [0.2, 0.25) is 0 Å². The Labute approximate surface area is 202 Å². The lowest BCUT2D eigenvalue weighted by molar-refractivity contribution is -0.145. The van der Waals surface area contributed by atoms with Gasteiger partial charge in [-0.3, -0.25) is 19.3 Å². The number of carbonyl (C=O) groups excluding carboxylic acids is 3. The molecular formula is C21H18BrNO8S2. The lowest BCUT2D eigenvalue weighted by atomic mass is 10.2. The van der Waals surface area contributed by atoms with Crippen LogP contribution in [0.25, 0.3) is 6.08 Å². The molecule has 0 N–H and O–H groups in total. The fourth-order valence-corrected chi connectivity index (χ4v) is 5.08. The minimum Gasteiger partial charge on any atom is -0.497 e. The second kappa shape index (κ2) is 10.4. The normalized spacial score (nSPS) is 15.1. The summed E-state index contributed by atoms with van der Waals surface area (Å²) in [6, 6.07) is 10.2. The average molecular weight is 556 g/mol. The molecule has 0 atom stereocenters. The van der Waals surface area contributed by atoms with Gasteiger partial charge in [0.05, 0.1) is 23.1 Å². The van der Waals surface area contributed by atoms with Crippen LogP contribution in [-0.2, 0) is 24.4 Å². The van der Waals surface area contributed by atoms with E-state index in [9.17, 15) is 22.8 Å². The van der Waals surface area contributed by atoms with Gasteiger partial charge in [-0.15, -0.1) is 0 Å². The maximum absolute atomic E-state index is 12.5. The van der Waals surface area contributed by atoms with E-state index in [2.05, 4.69) is 15.9 Å². The number of hydrogen-bond donors (Lipinski definition) is 0. The van der Waals surface area contributed by atoms with Gasteiger partial charge in [-0.2, -0.15) is 8.42 Å². The molecule has 0 aromatic heterocycles. The molecule has 1 aliphatic rings. The number of nitrogens with zero attached hydrogens (tertiary/aromatic N) is 1. The van der Waals surface area contributed by atoms with Crippen molar-refractivity contribution in [3.8, 4) is 11.5 Å². The summed E-state index contributed by atoms with van der Waals surface area (Å²) in [5.41, 5.74) is 0.512. The molecule has 1 saturated heterocycles. The highest BCUT2D eigenvalue weighted by Crippen LogP contribution is 2.34. The molecule has 0 spiro atoms. The van der Waals surface area contributed by atoms with E-state index in [0.29, 0.717) is 27.5 Å². The highest BCUT2D eigenvalue weighted by Gasteiger charge is 2.36. The zero-order valence-electron chi connectivity index (χ0n) is 17.4. The Kier molecular flexibility index (Phi) is 7.82. The standard InChI is InChI=1S/C21H18BrNO8S2/c1-3-30-19(24)12-23-20(25)18(32-21(23)26)11-13-4-9-17(16(22)10-13)31-33(27,28)15-7-5-14(29-2)6-8-15/h4-11H,3,12H2,1-2H3/b18-11-. The monoisotopic (exact) mass is 555 g/mol. The first-order chi connectivity index (χ1) is 15.6. The molecule has 1 heterocycles. The molecule has 0 aliphatic carbocycles. The Morgan fingerprint density at radius 1 is 1.15 bits per heavy atom. The van der Waals surface area contributed by atoms with Gasteiger partial charge in [-0.1, -0.05) is 6.07 Å². The lowest BCUT2D eigenvalue weighted by Crippen LogP contribution is -2.34. The van der Waals surface area contributed by atoms with Gasteiger partial charge in [0.25, 0.3) is 11.1 Å². The summed E-state index contributed by atoms with van der Waals surface area (Å²) in [6.07, 6.45) is 1.46. The number of amides is 2. The van der Waals surface area contributed by atoms with Crippen LogP contribution in [0.3, 0.4) is 0 Å². The van der Waals surface area contributed by atoms with E-state index in [4.69, 9.17) is 13.7 Å². The van der Waals surface area contributed by atoms with Crippen LogP contribution in [0.1, 0.15) is 12.5 Å². The first-order valence-corrected chi connectivity index (χ1v) is 12.5. The fraction of sp³-hybridized carbons (Fsp3) is 0.190. The number of thioether (sulfide) groups is 1. The molecule has 174 valence electrons. The fourth-order valence-electron chi connectivity index (χ4n) is 2.71. The number of esters is 1. The van der Waals surface area contributed by atoms with E-state index in [1.54, 1.807) is 6.92 Å². The Bertz CT molecular complexity index is 1230. The van der Waals surface area contributed by atoms with Gasteiger partial charge in [0.15, 0.2) is 5.75 Å². The number of rotatable bonds is 8. The molecule has 2 aromatic rings. The molecule has 12 heteroatoms. The van der Waals surface area contributed by atoms with E-state index >= 15 is 0 Å². The number of imide groups is 1. The quantitative estimate of drug-likeness (QED) is 0.272. The molecule has 0 radical (unpaired) electrons. The molecule has 3 rings (SSSR count). The number of hydrogen-bond acceptors (Lipinski definition) is 9. The van der Waals surface area contributed by atoms with Gasteiger partial charge in [-0.25, -0.2) is 0 Å². The molecule has 33 heavy (non-hydrogen) atoms. The van der Waals surface area contributed by atoms with Crippen molar-refractivity contribution in [3.63, 3.8) is 0 Å². The van der Waals surface area contributed by atoms with Crippen molar-refractivity contribution in [1.29, 1.82) is 0 Å². The summed E-state index contributed by atoms with van der Waals surface area (Å²) in [4.78, 5) is 37.1. The van der Waals surface area contributed by atoms with Crippen molar-refractivity contribution >= 4 is 61.0 Å². The largest absolute Gasteiger partial charge is 0.497 e. The highest BCUT2D eigenvalue weighted by atomic mass is 79.9. The van der Waals surface area contributed by atoms with Gasteiger partial charge in [0.1, 0.15) is 17.2 Å². The van der Waals surface area contributed by atoms with Crippen LogP contribution in [0, 0.1) is 0 Å². The molecular weight excluding hydrogens is 538 g/mol. The van der Waals surface area contributed by atoms with Crippen molar-refractivity contribution in [1.82, 2.24) is 4.90 Å². The first kappa shape index (κ1) is 24.8. The van der Waals surface area contributed by atoms with Crippen LogP contribution in [0.4, 0.5) is 4.79 Å². The van der Waals surface area contributed by atoms with Gasteiger partial charge < -0.3 is 13.7 Å². The van der Waals surface area contributed by atoms with Crippen LogP contribution in [-0.4, -0.2) is 50.7 Å². The SMILES string of the molecule is CCOC(=O)CN1C(=O)S/C(=C\c2ccc(OS(=O)(=O)c3ccc(OC)cc3)c(Br)c2)C1=O. The zero-order chi connectivity index (χ0) is 24.2. The minimum absolute atomic E-state index is 0.0402. The Hall–Kier alpha value is -2.83. The summed E-state index contributed by atoms with van der Waals surface area (Å²) < 4.78 is 40.4. The van der Waals surface area contributed by atoms with E-state index in [1.807, 2.05) is 0 Å². The molecule has 1 aliphatic heterocycles. The highest BCUT2D eigenvalue weighted by molar-refractivity contribution is 9.10. The van der Waals surface area contributed by atoms with E-state index in [0.717, 1.165) is 4.90 Å². The summed E-state index contributed by atoms with van der Waals surface area (Å²) in [7, 11) is -2.62. The topological polar surface area (TPSA) is 116 Å². The molecule has 2 amide bonds. The van der Waals surface area contributed by atoms with E-state index in [1.165, 1.54) is 55.7 Å². The van der Waals surface area contributed by atoms with Crippen LogP contribution in [0.2, 0.25) is 0 Å². The number of halogens is 1. The van der Waals surface area contributed by atoms with Crippen molar-refractivity contribution in [2.75, 3.05) is 20.3 Å². The summed E-state index contributed by atoms with van der Waals surface area (Å²) >= 11 is 3.96. The van der Waals surface area contributed by atoms with Crippen LogP contribution in [0.15, 0.2) is 56.7 Å². The second-order valence-electron chi connectivity index (χ2n) is 6.48. The summed E-state index contributed by atoms with van der Waals surface area (Å²) in [6.45, 7) is 1.30. The average Bonchev–Trinajstić information content (AvgIpc) is 3.03. The molecule has 9 nitrogen and oxygen atoms in total. The predicted octanol–water partition coefficient (Wildman–Crippen LogP) is 3.82. The smallest absolute Gasteiger partial charge is 0.339 e. The third kappa shape index (κ3) is 5.95. The van der Waals surface area contributed by atoms with Crippen molar-refractivity contribution < 1.29 is 36.5 Å².